The summed E-state index contributed by atoms with van der Waals surface area (Å²) in [5.74, 6) is 1.11. The van der Waals surface area contributed by atoms with E-state index in [4.69, 9.17) is 10.00 Å². The Bertz CT molecular complexity index is 327. The van der Waals surface area contributed by atoms with E-state index in [1.807, 2.05) is 19.3 Å². The van der Waals surface area contributed by atoms with E-state index in [1.54, 1.807) is 0 Å². The van der Waals surface area contributed by atoms with Crippen molar-refractivity contribution in [3.63, 3.8) is 0 Å². The SMILES string of the molecule is CCOCc1[nH]cc[n+]1CCCCCC#N. The predicted molar refractivity (Wildman–Crippen MR) is 60.4 cm³/mol. The monoisotopic (exact) mass is 222 g/mol. The Morgan fingerprint density at radius 1 is 1.44 bits per heavy atom. The van der Waals surface area contributed by atoms with Crippen molar-refractivity contribution in [2.75, 3.05) is 6.61 Å². The van der Waals surface area contributed by atoms with E-state index in [2.05, 4.69) is 15.6 Å². The lowest BCUT2D eigenvalue weighted by Crippen LogP contribution is -2.36. The van der Waals surface area contributed by atoms with Gasteiger partial charge >= 0.3 is 0 Å². The van der Waals surface area contributed by atoms with Gasteiger partial charge in [-0.25, -0.2) is 9.55 Å². The first-order valence-electron chi connectivity index (χ1n) is 5.89. The minimum absolute atomic E-state index is 0.641. The Labute approximate surface area is 96.9 Å². The fourth-order valence-electron chi connectivity index (χ4n) is 1.59. The maximum absolute atomic E-state index is 8.41. The molecule has 1 aromatic heterocycles. The van der Waals surface area contributed by atoms with E-state index in [9.17, 15) is 0 Å². The van der Waals surface area contributed by atoms with Crippen molar-refractivity contribution < 1.29 is 9.30 Å². The lowest BCUT2D eigenvalue weighted by Gasteiger charge is -2.00. The fraction of sp³-hybridized carbons (Fsp3) is 0.667. The van der Waals surface area contributed by atoms with Gasteiger partial charge in [-0.3, -0.25) is 0 Å². The van der Waals surface area contributed by atoms with Gasteiger partial charge in [-0.15, -0.1) is 0 Å². The quantitative estimate of drug-likeness (QED) is 0.539. The summed E-state index contributed by atoms with van der Waals surface area (Å²) < 4.78 is 7.55. The number of nitrogens with one attached hydrogen (secondary N) is 1. The molecule has 1 N–H and O–H groups in total. The minimum atomic E-state index is 0.641. The number of ether oxygens (including phenoxy) is 1. The second kappa shape index (κ2) is 7.89. The lowest BCUT2D eigenvalue weighted by molar-refractivity contribution is -0.705. The zero-order valence-corrected chi connectivity index (χ0v) is 9.91. The van der Waals surface area contributed by atoms with Crippen LogP contribution in [0.2, 0.25) is 0 Å². The maximum atomic E-state index is 8.41. The number of nitrogens with zero attached hydrogens (tertiary/aromatic N) is 2. The average molecular weight is 222 g/mol. The highest BCUT2D eigenvalue weighted by Crippen LogP contribution is 1.99. The summed E-state index contributed by atoms with van der Waals surface area (Å²) in [5, 5.41) is 8.41. The first-order valence-corrected chi connectivity index (χ1v) is 5.89. The van der Waals surface area contributed by atoms with Gasteiger partial charge in [0.25, 0.3) is 5.82 Å². The lowest BCUT2D eigenvalue weighted by atomic mass is 10.2. The normalized spacial score (nSPS) is 10.2. The van der Waals surface area contributed by atoms with Crippen molar-refractivity contribution in [1.82, 2.24) is 4.98 Å². The van der Waals surface area contributed by atoms with Gasteiger partial charge in [0.2, 0.25) is 0 Å². The third-order valence-electron chi connectivity index (χ3n) is 2.48. The van der Waals surface area contributed by atoms with Gasteiger partial charge in [0.15, 0.2) is 0 Å². The number of aromatic amines is 1. The number of rotatable bonds is 8. The second-order valence-electron chi connectivity index (χ2n) is 3.71. The van der Waals surface area contributed by atoms with Crippen LogP contribution in [0.3, 0.4) is 0 Å². The highest BCUT2D eigenvalue weighted by atomic mass is 16.5. The van der Waals surface area contributed by atoms with Gasteiger partial charge in [-0.1, -0.05) is 0 Å². The third kappa shape index (κ3) is 4.45. The van der Waals surface area contributed by atoms with Crippen LogP contribution in [-0.4, -0.2) is 11.6 Å². The van der Waals surface area contributed by atoms with Crippen molar-refractivity contribution >= 4 is 0 Å². The van der Waals surface area contributed by atoms with E-state index < -0.39 is 0 Å². The zero-order valence-electron chi connectivity index (χ0n) is 9.91. The van der Waals surface area contributed by atoms with E-state index in [-0.39, 0.29) is 0 Å². The van der Waals surface area contributed by atoms with Gasteiger partial charge in [-0.05, 0) is 26.2 Å². The van der Waals surface area contributed by atoms with Gasteiger partial charge in [0.1, 0.15) is 19.0 Å². The predicted octanol–water partition coefficient (Wildman–Crippen LogP) is 1.92. The van der Waals surface area contributed by atoms with Crippen molar-refractivity contribution in [2.24, 2.45) is 0 Å². The summed E-state index contributed by atoms with van der Waals surface area (Å²) >= 11 is 0. The molecule has 0 bridgehead atoms. The molecule has 0 aliphatic rings. The highest BCUT2D eigenvalue weighted by molar-refractivity contribution is 4.74. The summed E-state index contributed by atoms with van der Waals surface area (Å²) in [7, 11) is 0. The van der Waals surface area contributed by atoms with Crippen molar-refractivity contribution in [3.05, 3.63) is 18.2 Å². The topological polar surface area (TPSA) is 52.7 Å². The van der Waals surface area contributed by atoms with Gasteiger partial charge < -0.3 is 4.74 Å². The third-order valence-corrected chi connectivity index (χ3v) is 2.48. The Kier molecular flexibility index (Phi) is 6.28. The van der Waals surface area contributed by atoms with E-state index in [0.29, 0.717) is 13.0 Å². The first kappa shape index (κ1) is 12.7. The zero-order chi connectivity index (χ0) is 11.6. The number of aryl methyl sites for hydroxylation is 1. The first-order chi connectivity index (χ1) is 7.88. The number of H-pyrrole nitrogens is 1. The molecule has 0 saturated heterocycles. The number of unbranched alkanes of at least 4 members (excludes halogenated alkanes) is 3. The van der Waals surface area contributed by atoms with E-state index in [0.717, 1.165) is 38.2 Å². The van der Waals surface area contributed by atoms with Crippen molar-refractivity contribution in [1.29, 1.82) is 5.26 Å². The minimum Gasteiger partial charge on any atom is -0.369 e. The van der Waals surface area contributed by atoms with Crippen molar-refractivity contribution in [2.45, 2.75) is 45.8 Å². The molecular formula is C12H20N3O+. The smallest absolute Gasteiger partial charge is 0.280 e. The number of hydrogen-bond acceptors (Lipinski definition) is 2. The van der Waals surface area contributed by atoms with Crippen LogP contribution >= 0.6 is 0 Å². The molecule has 4 nitrogen and oxygen atoms in total. The van der Waals surface area contributed by atoms with E-state index in [1.165, 1.54) is 0 Å². The van der Waals surface area contributed by atoms with Crippen LogP contribution in [0.25, 0.3) is 0 Å². The number of hydrogen-bond donors (Lipinski definition) is 1. The van der Waals surface area contributed by atoms with E-state index >= 15 is 0 Å². The Balaban J connectivity index is 2.25. The van der Waals surface area contributed by atoms with Gasteiger partial charge in [-0.2, -0.15) is 5.26 Å². The molecule has 16 heavy (non-hydrogen) atoms. The largest absolute Gasteiger partial charge is 0.369 e. The Morgan fingerprint density at radius 2 is 2.31 bits per heavy atom. The molecule has 0 saturated carbocycles. The molecule has 0 aromatic carbocycles. The molecule has 0 amide bonds. The summed E-state index contributed by atoms with van der Waals surface area (Å²) in [6, 6.07) is 2.17. The molecule has 0 fully saturated rings. The number of nitriles is 1. The van der Waals surface area contributed by atoms with Crippen LogP contribution in [0, 0.1) is 11.3 Å². The highest BCUT2D eigenvalue weighted by Gasteiger charge is 2.09. The van der Waals surface area contributed by atoms with Crippen LogP contribution in [0.4, 0.5) is 0 Å². The molecule has 0 spiro atoms. The molecule has 0 aliphatic carbocycles. The molecule has 0 aliphatic heterocycles. The van der Waals surface area contributed by atoms with Crippen LogP contribution < -0.4 is 4.57 Å². The van der Waals surface area contributed by atoms with Crippen LogP contribution in [0.5, 0.6) is 0 Å². The molecule has 88 valence electrons. The number of imidazole rings is 1. The molecule has 0 atom stereocenters. The molecule has 1 heterocycles. The van der Waals surface area contributed by atoms with Crippen LogP contribution in [-0.2, 0) is 17.9 Å². The summed E-state index contributed by atoms with van der Waals surface area (Å²) in [6.45, 7) is 4.37. The molecular weight excluding hydrogens is 202 g/mol. The fourth-order valence-corrected chi connectivity index (χ4v) is 1.59. The van der Waals surface area contributed by atoms with Gasteiger partial charge in [0, 0.05) is 13.0 Å². The summed E-state index contributed by atoms with van der Waals surface area (Å²) in [6.07, 6.45) is 7.87. The summed E-state index contributed by atoms with van der Waals surface area (Å²) in [4.78, 5) is 3.18. The average Bonchev–Trinajstić information content (AvgIpc) is 2.74. The standard InChI is InChI=1S/C12H19N3O/c1-2-16-11-12-14-8-10-15(12)9-6-4-3-5-7-13/h8,10H,2-6,9,11H2,1H3/p+1. The molecule has 1 rings (SSSR count). The van der Waals surface area contributed by atoms with Crippen LogP contribution in [0.15, 0.2) is 12.4 Å². The molecule has 1 aromatic rings. The summed E-state index contributed by atoms with van der Waals surface area (Å²) in [5.41, 5.74) is 0. The Hall–Kier alpha value is -1.34. The Morgan fingerprint density at radius 3 is 3.06 bits per heavy atom. The van der Waals surface area contributed by atoms with Crippen molar-refractivity contribution in [3.8, 4) is 6.07 Å². The number of aromatic nitrogens is 2. The molecule has 4 heteroatoms. The molecule has 0 unspecified atom stereocenters. The van der Waals surface area contributed by atoms with Crippen LogP contribution in [0.1, 0.15) is 38.4 Å². The van der Waals surface area contributed by atoms with Gasteiger partial charge in [0.05, 0.1) is 12.6 Å². The maximum Gasteiger partial charge on any atom is 0.280 e. The second-order valence-corrected chi connectivity index (χ2v) is 3.71. The molecule has 0 radical (unpaired) electrons.